The highest BCUT2D eigenvalue weighted by Gasteiger charge is 2.72. The summed E-state index contributed by atoms with van der Waals surface area (Å²) < 4.78 is 5.52. The maximum Gasteiger partial charge on any atom is 0.159 e. The van der Waals surface area contributed by atoms with Crippen molar-refractivity contribution in [2.45, 2.75) is 42.5 Å². The summed E-state index contributed by atoms with van der Waals surface area (Å²) in [7, 11) is 3.90. The van der Waals surface area contributed by atoms with E-state index in [0.29, 0.717) is 5.78 Å². The third kappa shape index (κ3) is 1.88. The second-order valence-corrected chi connectivity index (χ2v) is 9.42. The summed E-state index contributed by atoms with van der Waals surface area (Å²) in [6, 6.07) is 7.02. The first kappa shape index (κ1) is 17.6. The number of ketones is 1. The molecule has 3 aliphatic heterocycles. The fraction of sp³-hybridized carbons (Fsp3) is 0.591. The molecule has 3 heterocycles. The number of ether oxygens (including phenoxy) is 1. The predicted octanol–water partition coefficient (Wildman–Crippen LogP) is 3.11. The molecule has 1 saturated heterocycles. The molecule has 144 valence electrons. The summed E-state index contributed by atoms with van der Waals surface area (Å²) in [5.41, 5.74) is 2.32. The molecule has 0 N–H and O–H groups in total. The zero-order valence-electron chi connectivity index (χ0n) is 16.6. The van der Waals surface area contributed by atoms with Crippen LogP contribution in [0.15, 0.2) is 30.4 Å². The maximum atomic E-state index is 13.9. The first-order valence-electron chi connectivity index (χ1n) is 9.95. The van der Waals surface area contributed by atoms with E-state index >= 15 is 0 Å². The van der Waals surface area contributed by atoms with E-state index in [0.717, 1.165) is 31.7 Å². The van der Waals surface area contributed by atoms with Crippen molar-refractivity contribution < 1.29 is 9.53 Å². The number of hydrogen-bond donors (Lipinski definition) is 0. The highest BCUT2D eigenvalue weighted by molar-refractivity contribution is 8.00. The Balaban J connectivity index is 1.80. The van der Waals surface area contributed by atoms with Crippen LogP contribution in [0, 0.1) is 5.41 Å². The van der Waals surface area contributed by atoms with Crippen LogP contribution in [0.25, 0.3) is 0 Å². The Morgan fingerprint density at radius 2 is 2.19 bits per heavy atom. The molecule has 5 heteroatoms. The van der Waals surface area contributed by atoms with Gasteiger partial charge in [0.15, 0.2) is 5.78 Å². The van der Waals surface area contributed by atoms with Crippen LogP contribution in [0.2, 0.25) is 0 Å². The number of hydrogen-bond acceptors (Lipinski definition) is 5. The van der Waals surface area contributed by atoms with E-state index in [1.165, 1.54) is 11.3 Å². The van der Waals surface area contributed by atoms with E-state index in [1.807, 2.05) is 0 Å². The highest BCUT2D eigenvalue weighted by atomic mass is 32.2. The first-order valence-corrected chi connectivity index (χ1v) is 11.2. The normalized spacial score (nSPS) is 39.3. The minimum Gasteiger partial charge on any atom is -0.497 e. The molecular formula is C22H28N2O2S. The highest BCUT2D eigenvalue weighted by Crippen LogP contribution is 2.64. The molecule has 5 rings (SSSR count). The number of nitrogens with zero attached hydrogens (tertiary/aromatic N) is 2. The van der Waals surface area contributed by atoms with Crippen LogP contribution >= 0.6 is 11.8 Å². The molecule has 2 fully saturated rings. The van der Waals surface area contributed by atoms with Crippen LogP contribution in [0.4, 0.5) is 5.69 Å². The summed E-state index contributed by atoms with van der Waals surface area (Å²) in [4.78, 5) is 18.8. The molecule has 1 unspecified atom stereocenters. The van der Waals surface area contributed by atoms with Gasteiger partial charge in [0.25, 0.3) is 0 Å². The third-order valence-electron chi connectivity index (χ3n) is 7.78. The van der Waals surface area contributed by atoms with E-state index in [2.05, 4.69) is 60.4 Å². The lowest BCUT2D eigenvalue weighted by Gasteiger charge is -2.57. The summed E-state index contributed by atoms with van der Waals surface area (Å²) in [6.07, 6.45) is 8.62. The molecule has 1 saturated carbocycles. The number of thioether (sulfide) groups is 1. The number of Topliss-reactive ketones (excluding diaryl/α,β-unsaturated/α-hetero) is 1. The van der Waals surface area contributed by atoms with Gasteiger partial charge in [0.05, 0.1) is 23.8 Å². The van der Waals surface area contributed by atoms with Gasteiger partial charge < -0.3 is 9.64 Å². The molecule has 27 heavy (non-hydrogen) atoms. The maximum absolute atomic E-state index is 13.9. The monoisotopic (exact) mass is 384 g/mol. The van der Waals surface area contributed by atoms with Crippen LogP contribution in [0.5, 0.6) is 5.75 Å². The van der Waals surface area contributed by atoms with Crippen LogP contribution in [0.1, 0.15) is 25.3 Å². The van der Waals surface area contributed by atoms with Gasteiger partial charge in [-0.15, -0.1) is 0 Å². The SMILES string of the molecule is CC[C@]12C=CCN3CC[C@@]4(c5ccc(OC)cc5N(C)[C@H]4C(SC)C1=O)[C@@H]32. The molecule has 1 aromatic rings. The lowest BCUT2D eigenvalue weighted by molar-refractivity contribution is -0.135. The Morgan fingerprint density at radius 3 is 2.89 bits per heavy atom. The average molecular weight is 385 g/mol. The second-order valence-electron chi connectivity index (χ2n) is 8.44. The van der Waals surface area contributed by atoms with Crippen LogP contribution < -0.4 is 9.64 Å². The van der Waals surface area contributed by atoms with Gasteiger partial charge in [-0.25, -0.2) is 0 Å². The van der Waals surface area contributed by atoms with E-state index in [1.54, 1.807) is 18.9 Å². The Labute approximate surface area is 165 Å². The standard InChI is InChI=1S/C22H28N2O2S/c1-5-21-9-6-11-24-12-10-22(20(21)24)15-8-7-14(26-3)13-16(15)23(2)18(22)17(27-4)19(21)25/h6-9,13,17-18,20H,5,10-12H2,1-4H3/t17?,18-,20-,21-,22-/m0/s1. The van der Waals surface area contributed by atoms with Gasteiger partial charge in [0, 0.05) is 36.8 Å². The fourth-order valence-electron chi connectivity index (χ4n) is 6.78. The van der Waals surface area contributed by atoms with E-state index in [4.69, 9.17) is 4.74 Å². The van der Waals surface area contributed by atoms with Crippen molar-refractivity contribution in [2.75, 3.05) is 38.4 Å². The molecule has 0 bridgehead atoms. The lowest BCUT2D eigenvalue weighted by atomic mass is 9.53. The molecule has 0 radical (unpaired) electrons. The van der Waals surface area contributed by atoms with E-state index in [9.17, 15) is 4.79 Å². The zero-order valence-corrected chi connectivity index (χ0v) is 17.4. The van der Waals surface area contributed by atoms with Crippen LogP contribution in [-0.4, -0.2) is 61.5 Å². The number of benzene rings is 1. The number of fused-ring (bicyclic) bond motifs is 1. The van der Waals surface area contributed by atoms with Crippen LogP contribution in [-0.2, 0) is 10.2 Å². The van der Waals surface area contributed by atoms with Crippen molar-refractivity contribution in [1.29, 1.82) is 0 Å². The largest absolute Gasteiger partial charge is 0.497 e. The van der Waals surface area contributed by atoms with Crippen molar-refractivity contribution in [3.63, 3.8) is 0 Å². The Bertz CT molecular complexity index is 840. The van der Waals surface area contributed by atoms with Gasteiger partial charge in [-0.1, -0.05) is 25.1 Å². The van der Waals surface area contributed by atoms with Crippen molar-refractivity contribution in [1.82, 2.24) is 4.90 Å². The third-order valence-corrected chi connectivity index (χ3v) is 8.76. The molecule has 1 aliphatic carbocycles. The second kappa shape index (κ2) is 5.77. The van der Waals surface area contributed by atoms with Gasteiger partial charge in [-0.3, -0.25) is 9.69 Å². The van der Waals surface area contributed by atoms with Crippen molar-refractivity contribution in [3.05, 3.63) is 35.9 Å². The van der Waals surface area contributed by atoms with Crippen molar-refractivity contribution in [2.24, 2.45) is 5.41 Å². The smallest absolute Gasteiger partial charge is 0.159 e. The van der Waals surface area contributed by atoms with Crippen molar-refractivity contribution >= 4 is 23.2 Å². The Hall–Kier alpha value is -1.46. The Kier molecular flexibility index (Phi) is 3.77. The number of likely N-dealkylation sites (N-methyl/N-ethyl adjacent to an activating group) is 1. The summed E-state index contributed by atoms with van der Waals surface area (Å²) in [6.45, 7) is 4.23. The van der Waals surface area contributed by atoms with E-state index < -0.39 is 0 Å². The van der Waals surface area contributed by atoms with Gasteiger partial charge in [-0.2, -0.15) is 11.8 Å². The number of carbonyl (C=O) groups excluding carboxylic acids is 1. The van der Waals surface area contributed by atoms with Gasteiger partial charge >= 0.3 is 0 Å². The fourth-order valence-corrected chi connectivity index (χ4v) is 7.90. The quantitative estimate of drug-likeness (QED) is 0.748. The molecule has 4 aliphatic rings. The molecule has 0 amide bonds. The number of methoxy groups -OCH3 is 1. The van der Waals surface area contributed by atoms with E-state index in [-0.39, 0.29) is 28.2 Å². The minimum atomic E-state index is -0.360. The van der Waals surface area contributed by atoms with Gasteiger partial charge in [0.2, 0.25) is 0 Å². The number of anilines is 1. The topological polar surface area (TPSA) is 32.8 Å². The molecule has 5 atom stereocenters. The summed E-state index contributed by atoms with van der Waals surface area (Å²) in [5, 5.41) is -0.00713. The number of carbonyl (C=O) groups is 1. The predicted molar refractivity (Wildman–Crippen MR) is 111 cm³/mol. The van der Waals surface area contributed by atoms with Gasteiger partial charge in [0.1, 0.15) is 5.75 Å². The Morgan fingerprint density at radius 1 is 1.37 bits per heavy atom. The summed E-state index contributed by atoms with van der Waals surface area (Å²) >= 11 is 1.74. The molecule has 1 spiro atoms. The molecule has 0 aromatic heterocycles. The van der Waals surface area contributed by atoms with Crippen molar-refractivity contribution in [3.8, 4) is 5.75 Å². The number of rotatable bonds is 3. The lowest BCUT2D eigenvalue weighted by Crippen LogP contribution is -2.71. The zero-order chi connectivity index (χ0) is 19.0. The first-order chi connectivity index (χ1) is 13.0. The van der Waals surface area contributed by atoms with Gasteiger partial charge in [-0.05, 0) is 37.3 Å². The summed E-state index contributed by atoms with van der Waals surface area (Å²) in [5.74, 6) is 1.32. The molecule has 4 nitrogen and oxygen atoms in total. The molecule has 1 aromatic carbocycles. The molecular weight excluding hydrogens is 356 g/mol. The minimum absolute atomic E-state index is 0.00713. The average Bonchev–Trinajstić information content (AvgIpc) is 3.21. The van der Waals surface area contributed by atoms with Crippen LogP contribution in [0.3, 0.4) is 0 Å².